The Morgan fingerprint density at radius 3 is 1.45 bits per heavy atom. The summed E-state index contributed by atoms with van der Waals surface area (Å²) in [5, 5.41) is 8.41. The van der Waals surface area contributed by atoms with Gasteiger partial charge in [-0.1, -0.05) is 58.3 Å². The molecule has 8 heteroatoms. The Morgan fingerprint density at radius 1 is 0.690 bits per heavy atom. The van der Waals surface area contributed by atoms with E-state index in [-0.39, 0.29) is 13.2 Å². The molecule has 0 amide bonds. The average Bonchev–Trinajstić information content (AvgIpc) is 2.62. The van der Waals surface area contributed by atoms with Crippen LogP contribution in [0.15, 0.2) is 0 Å². The third-order valence-electron chi connectivity index (χ3n) is 3.77. The summed E-state index contributed by atoms with van der Waals surface area (Å²) in [6.45, 7) is 5.66. The minimum atomic E-state index is -0.754. The second-order valence-electron chi connectivity index (χ2n) is 6.81. The molecule has 0 unspecified atom stereocenters. The maximum absolute atomic E-state index is 10.6. The van der Waals surface area contributed by atoms with Gasteiger partial charge in [-0.05, 0) is 6.42 Å². The first-order valence-corrected chi connectivity index (χ1v) is 10.3. The highest BCUT2D eigenvalue weighted by molar-refractivity contribution is 5.67. The molecule has 0 saturated carbocycles. The van der Waals surface area contributed by atoms with Crippen molar-refractivity contribution in [3.63, 3.8) is 0 Å². The van der Waals surface area contributed by atoms with Crippen LogP contribution in [0.1, 0.15) is 91.9 Å². The van der Waals surface area contributed by atoms with Crippen molar-refractivity contribution >= 4 is 23.9 Å². The monoisotopic (exact) mass is 418 g/mol. The number of carbonyl (C=O) groups is 4. The van der Waals surface area contributed by atoms with Gasteiger partial charge in [-0.15, -0.1) is 0 Å². The first-order chi connectivity index (χ1) is 13.7. The molecule has 0 saturated heterocycles. The SMILES string of the molecule is CC(=O)OCC(COC(C)=O)OC(C)=O.CCCCCCCCCCCC(=O)O. The number of esters is 3. The minimum absolute atomic E-state index is 0.123. The topological polar surface area (TPSA) is 116 Å². The summed E-state index contributed by atoms with van der Waals surface area (Å²) in [6.07, 6.45) is 10.7. The van der Waals surface area contributed by atoms with Crippen LogP contribution >= 0.6 is 0 Å². The van der Waals surface area contributed by atoms with Crippen molar-refractivity contribution in [1.29, 1.82) is 0 Å². The molecule has 0 atom stereocenters. The molecule has 0 aliphatic carbocycles. The van der Waals surface area contributed by atoms with E-state index in [1.165, 1.54) is 65.7 Å². The van der Waals surface area contributed by atoms with Gasteiger partial charge < -0.3 is 19.3 Å². The van der Waals surface area contributed by atoms with Crippen LogP contribution in [-0.2, 0) is 33.4 Å². The Hall–Kier alpha value is -2.12. The molecule has 0 rings (SSSR count). The second kappa shape index (κ2) is 20.6. The van der Waals surface area contributed by atoms with Crippen molar-refractivity contribution in [1.82, 2.24) is 0 Å². The molecule has 0 aromatic heterocycles. The molecule has 0 fully saturated rings. The number of carboxylic acids is 1. The van der Waals surface area contributed by atoms with Crippen LogP contribution in [-0.4, -0.2) is 48.3 Å². The van der Waals surface area contributed by atoms with Gasteiger partial charge in [-0.3, -0.25) is 19.2 Å². The average molecular weight is 419 g/mol. The molecule has 0 aliphatic rings. The number of carboxylic acid groups (broad SMARTS) is 1. The Labute approximate surface area is 174 Å². The molecular formula is C21H38O8. The lowest BCUT2D eigenvalue weighted by Gasteiger charge is -2.15. The number of aliphatic carboxylic acids is 1. The van der Waals surface area contributed by atoms with E-state index in [1.807, 2.05) is 0 Å². The maximum atomic E-state index is 10.6. The van der Waals surface area contributed by atoms with Gasteiger partial charge in [-0.25, -0.2) is 0 Å². The van der Waals surface area contributed by atoms with Crippen LogP contribution in [0.5, 0.6) is 0 Å². The molecule has 0 bridgehead atoms. The quantitative estimate of drug-likeness (QED) is 0.241. The van der Waals surface area contributed by atoms with Crippen molar-refractivity contribution in [2.45, 2.75) is 98.0 Å². The third kappa shape index (κ3) is 28.2. The van der Waals surface area contributed by atoms with E-state index in [2.05, 4.69) is 16.4 Å². The Balaban J connectivity index is 0. The van der Waals surface area contributed by atoms with Crippen molar-refractivity contribution in [3.05, 3.63) is 0 Å². The molecule has 8 nitrogen and oxygen atoms in total. The van der Waals surface area contributed by atoms with E-state index in [0.29, 0.717) is 6.42 Å². The summed E-state index contributed by atoms with van der Waals surface area (Å²) < 4.78 is 14.0. The van der Waals surface area contributed by atoms with E-state index in [1.54, 1.807) is 0 Å². The molecule has 0 aliphatic heterocycles. The number of unbranched alkanes of at least 4 members (excludes halogenated alkanes) is 8. The molecule has 0 aromatic carbocycles. The second-order valence-corrected chi connectivity index (χ2v) is 6.81. The van der Waals surface area contributed by atoms with Gasteiger partial charge in [0.05, 0.1) is 0 Å². The third-order valence-corrected chi connectivity index (χ3v) is 3.77. The molecule has 0 spiro atoms. The van der Waals surface area contributed by atoms with E-state index >= 15 is 0 Å². The molecule has 29 heavy (non-hydrogen) atoms. The highest BCUT2D eigenvalue weighted by atomic mass is 16.6. The number of hydrogen-bond acceptors (Lipinski definition) is 7. The van der Waals surface area contributed by atoms with E-state index in [0.717, 1.165) is 12.8 Å². The van der Waals surface area contributed by atoms with Crippen molar-refractivity contribution < 1.29 is 38.5 Å². The zero-order valence-corrected chi connectivity index (χ0v) is 18.4. The lowest BCUT2D eigenvalue weighted by atomic mass is 10.1. The van der Waals surface area contributed by atoms with Gasteiger partial charge in [0.15, 0.2) is 6.10 Å². The number of rotatable bonds is 15. The van der Waals surface area contributed by atoms with Gasteiger partial charge in [0.25, 0.3) is 0 Å². The van der Waals surface area contributed by atoms with Gasteiger partial charge in [0.1, 0.15) is 13.2 Å². The van der Waals surface area contributed by atoms with Crippen molar-refractivity contribution in [2.24, 2.45) is 0 Å². The first kappa shape index (κ1) is 29.1. The summed E-state index contributed by atoms with van der Waals surface area (Å²) in [6, 6.07) is 0. The molecule has 1 N–H and O–H groups in total. The van der Waals surface area contributed by atoms with Crippen LogP contribution in [0.4, 0.5) is 0 Å². The summed E-state index contributed by atoms with van der Waals surface area (Å²) in [5.74, 6) is -2.17. The summed E-state index contributed by atoms with van der Waals surface area (Å²) in [5.41, 5.74) is 0. The fourth-order valence-corrected chi connectivity index (χ4v) is 2.36. The lowest BCUT2D eigenvalue weighted by molar-refractivity contribution is -0.163. The summed E-state index contributed by atoms with van der Waals surface area (Å²) >= 11 is 0. The number of ether oxygens (including phenoxy) is 3. The predicted molar refractivity (Wildman–Crippen MR) is 108 cm³/mol. The van der Waals surface area contributed by atoms with Crippen LogP contribution in [0.3, 0.4) is 0 Å². The molecule has 0 radical (unpaired) electrons. The molecule has 0 aromatic rings. The fraction of sp³-hybridized carbons (Fsp3) is 0.810. The summed E-state index contributed by atoms with van der Waals surface area (Å²) in [4.78, 5) is 41.9. The predicted octanol–water partition coefficient (Wildman–Crippen LogP) is 4.04. The van der Waals surface area contributed by atoms with Gasteiger partial charge >= 0.3 is 23.9 Å². The van der Waals surface area contributed by atoms with Crippen LogP contribution in [0.25, 0.3) is 0 Å². The fourth-order valence-electron chi connectivity index (χ4n) is 2.36. The minimum Gasteiger partial charge on any atom is -0.481 e. The van der Waals surface area contributed by atoms with Crippen LogP contribution < -0.4 is 0 Å². The zero-order valence-electron chi connectivity index (χ0n) is 18.4. The normalized spacial score (nSPS) is 9.97. The molecule has 0 heterocycles. The first-order valence-electron chi connectivity index (χ1n) is 10.3. The van der Waals surface area contributed by atoms with Crippen molar-refractivity contribution in [3.8, 4) is 0 Å². The Kier molecular flexibility index (Phi) is 20.7. The highest BCUT2D eigenvalue weighted by Gasteiger charge is 2.15. The maximum Gasteiger partial charge on any atom is 0.303 e. The zero-order chi connectivity index (χ0) is 22.5. The van der Waals surface area contributed by atoms with Gasteiger partial charge in [-0.2, -0.15) is 0 Å². The van der Waals surface area contributed by atoms with E-state index < -0.39 is 30.0 Å². The molecular weight excluding hydrogens is 380 g/mol. The van der Waals surface area contributed by atoms with Gasteiger partial charge in [0, 0.05) is 27.2 Å². The highest BCUT2D eigenvalue weighted by Crippen LogP contribution is 2.10. The number of hydrogen-bond donors (Lipinski definition) is 1. The van der Waals surface area contributed by atoms with Crippen LogP contribution in [0, 0.1) is 0 Å². The standard InChI is InChI=1S/C12H24O2.C9H14O6/c1-2-3-4-5-6-7-8-9-10-11-12(13)14;1-6(10)13-4-9(15-8(3)12)5-14-7(2)11/h2-11H2,1H3,(H,13,14);9H,4-5H2,1-3H3. The number of carbonyl (C=O) groups excluding carboxylic acids is 3. The largest absolute Gasteiger partial charge is 0.481 e. The van der Waals surface area contributed by atoms with Gasteiger partial charge in [0.2, 0.25) is 0 Å². The summed E-state index contributed by atoms with van der Waals surface area (Å²) in [7, 11) is 0. The van der Waals surface area contributed by atoms with Crippen molar-refractivity contribution in [2.75, 3.05) is 13.2 Å². The van der Waals surface area contributed by atoms with E-state index in [4.69, 9.17) is 9.84 Å². The molecule has 170 valence electrons. The Bertz CT molecular complexity index is 444. The lowest BCUT2D eigenvalue weighted by Crippen LogP contribution is -2.29. The Morgan fingerprint density at radius 2 is 1.10 bits per heavy atom. The van der Waals surface area contributed by atoms with E-state index in [9.17, 15) is 19.2 Å². The van der Waals surface area contributed by atoms with Crippen LogP contribution in [0.2, 0.25) is 0 Å². The smallest absolute Gasteiger partial charge is 0.303 e.